The van der Waals surface area contributed by atoms with Gasteiger partial charge in [-0.1, -0.05) is 24.3 Å². The van der Waals surface area contributed by atoms with Gasteiger partial charge in [-0.2, -0.15) is 5.10 Å². The average molecular weight is 405 g/mol. The largest absolute Gasteiger partial charge is 0.368 e. The van der Waals surface area contributed by atoms with Gasteiger partial charge in [0.25, 0.3) is 5.91 Å². The number of hydrogen-bond acceptors (Lipinski definition) is 4. The number of carbonyl (C=O) groups is 3. The van der Waals surface area contributed by atoms with Gasteiger partial charge >= 0.3 is 0 Å². The van der Waals surface area contributed by atoms with Crippen molar-refractivity contribution in [1.29, 1.82) is 0 Å². The molecule has 154 valence electrons. The summed E-state index contributed by atoms with van der Waals surface area (Å²) in [4.78, 5) is 35.5. The Hall–Kier alpha value is -3.94. The molecule has 3 amide bonds. The van der Waals surface area contributed by atoms with E-state index >= 15 is 0 Å². The lowest BCUT2D eigenvalue weighted by Gasteiger charge is -2.09. The Balaban J connectivity index is 1.71. The van der Waals surface area contributed by atoms with E-state index in [1.54, 1.807) is 24.3 Å². The fraction of sp³-hybridized carbons (Fsp3) is 0.182. The zero-order valence-electron chi connectivity index (χ0n) is 16.8. The van der Waals surface area contributed by atoms with Gasteiger partial charge in [-0.15, -0.1) is 0 Å². The van der Waals surface area contributed by atoms with E-state index in [0.29, 0.717) is 11.3 Å². The molecule has 0 aliphatic heterocycles. The van der Waals surface area contributed by atoms with Gasteiger partial charge in [-0.05, 0) is 44.2 Å². The Bertz CT molecular complexity index is 1090. The summed E-state index contributed by atoms with van der Waals surface area (Å²) in [6, 6.07) is 16.2. The third-order valence-corrected chi connectivity index (χ3v) is 4.61. The topological polar surface area (TPSA) is 119 Å². The van der Waals surface area contributed by atoms with Crippen LogP contribution in [0, 0.1) is 13.8 Å². The number of nitrogens with two attached hydrogens (primary N) is 1. The van der Waals surface area contributed by atoms with E-state index in [9.17, 15) is 14.4 Å². The highest BCUT2D eigenvalue weighted by molar-refractivity contribution is 5.98. The van der Waals surface area contributed by atoms with E-state index in [1.165, 1.54) is 0 Å². The minimum absolute atomic E-state index is 0.155. The molecule has 4 N–H and O–H groups in total. The molecule has 1 aromatic heterocycles. The zero-order chi connectivity index (χ0) is 21.7. The minimum Gasteiger partial charge on any atom is -0.368 e. The highest BCUT2D eigenvalue weighted by Crippen LogP contribution is 2.19. The molecule has 0 radical (unpaired) electrons. The molecular formula is C22H23N5O3. The van der Waals surface area contributed by atoms with Crippen LogP contribution in [0.15, 0.2) is 54.6 Å². The normalized spacial score (nSPS) is 10.5. The molecule has 3 rings (SSSR count). The number of benzene rings is 2. The SMILES string of the molecule is Cc1nn(-c2ccccc2)c(C)c1CC(=O)Nc1cccc(C(=O)NCC(N)=O)c1. The van der Waals surface area contributed by atoms with Gasteiger partial charge in [0.1, 0.15) is 0 Å². The summed E-state index contributed by atoms with van der Waals surface area (Å²) >= 11 is 0. The van der Waals surface area contributed by atoms with Crippen LogP contribution in [0.3, 0.4) is 0 Å². The van der Waals surface area contributed by atoms with Crippen LogP contribution >= 0.6 is 0 Å². The highest BCUT2D eigenvalue weighted by Gasteiger charge is 2.16. The predicted molar refractivity (Wildman–Crippen MR) is 113 cm³/mol. The van der Waals surface area contributed by atoms with Crippen LogP contribution < -0.4 is 16.4 Å². The predicted octanol–water partition coefficient (Wildman–Crippen LogP) is 1.89. The fourth-order valence-electron chi connectivity index (χ4n) is 3.12. The molecule has 0 saturated heterocycles. The molecule has 0 aliphatic rings. The number of amides is 3. The summed E-state index contributed by atoms with van der Waals surface area (Å²) in [6.07, 6.45) is 0.155. The number of aromatic nitrogens is 2. The highest BCUT2D eigenvalue weighted by atomic mass is 16.2. The van der Waals surface area contributed by atoms with E-state index in [0.717, 1.165) is 22.6 Å². The monoisotopic (exact) mass is 405 g/mol. The second-order valence-corrected chi connectivity index (χ2v) is 6.85. The molecule has 8 nitrogen and oxygen atoms in total. The molecule has 0 aliphatic carbocycles. The van der Waals surface area contributed by atoms with Crippen LogP contribution in [-0.2, 0) is 16.0 Å². The Morgan fingerprint density at radius 3 is 2.47 bits per heavy atom. The summed E-state index contributed by atoms with van der Waals surface area (Å²) in [7, 11) is 0. The Labute approximate surface area is 174 Å². The van der Waals surface area contributed by atoms with Crippen molar-refractivity contribution in [2.24, 2.45) is 5.73 Å². The number of hydrogen-bond donors (Lipinski definition) is 3. The van der Waals surface area contributed by atoms with Crippen LogP contribution in [0.1, 0.15) is 27.3 Å². The van der Waals surface area contributed by atoms with Crippen molar-refractivity contribution in [3.8, 4) is 5.69 Å². The molecule has 3 aromatic rings. The Morgan fingerprint density at radius 1 is 1.03 bits per heavy atom. The van der Waals surface area contributed by atoms with E-state index in [2.05, 4.69) is 15.7 Å². The van der Waals surface area contributed by atoms with Crippen molar-refractivity contribution < 1.29 is 14.4 Å². The van der Waals surface area contributed by atoms with Crippen molar-refractivity contribution in [3.63, 3.8) is 0 Å². The number of nitrogens with zero attached hydrogens (tertiary/aromatic N) is 2. The van der Waals surface area contributed by atoms with Gasteiger partial charge in [0.05, 0.1) is 24.3 Å². The van der Waals surface area contributed by atoms with Crippen LogP contribution in [0.4, 0.5) is 5.69 Å². The first kappa shape index (κ1) is 20.8. The fourth-order valence-corrected chi connectivity index (χ4v) is 3.12. The molecule has 1 heterocycles. The van der Waals surface area contributed by atoms with Crippen molar-refractivity contribution in [1.82, 2.24) is 15.1 Å². The first-order chi connectivity index (χ1) is 14.3. The maximum Gasteiger partial charge on any atom is 0.251 e. The smallest absolute Gasteiger partial charge is 0.251 e. The summed E-state index contributed by atoms with van der Waals surface area (Å²) in [6.45, 7) is 3.55. The molecule has 0 fully saturated rings. The number of nitrogens with one attached hydrogen (secondary N) is 2. The minimum atomic E-state index is -0.630. The molecule has 0 bridgehead atoms. The lowest BCUT2D eigenvalue weighted by molar-refractivity contribution is -0.117. The van der Waals surface area contributed by atoms with Gasteiger partial charge in [-0.3, -0.25) is 14.4 Å². The van der Waals surface area contributed by atoms with Gasteiger partial charge in [0, 0.05) is 22.5 Å². The standard InChI is InChI=1S/C22H23N5O3/c1-14-19(15(2)27(26-14)18-9-4-3-5-10-18)12-21(29)25-17-8-6-7-16(11-17)22(30)24-13-20(23)28/h3-11H,12-13H2,1-2H3,(H2,23,28)(H,24,30)(H,25,29). The van der Waals surface area contributed by atoms with Crippen LogP contribution in [0.2, 0.25) is 0 Å². The van der Waals surface area contributed by atoms with Crippen molar-refractivity contribution >= 4 is 23.4 Å². The third kappa shape index (κ3) is 4.91. The summed E-state index contributed by atoms with van der Waals surface area (Å²) in [5.74, 6) is -1.29. The van der Waals surface area contributed by atoms with Crippen molar-refractivity contribution in [2.45, 2.75) is 20.3 Å². The zero-order valence-corrected chi connectivity index (χ0v) is 16.8. The van der Waals surface area contributed by atoms with Gasteiger partial charge < -0.3 is 16.4 Å². The molecule has 0 spiro atoms. The average Bonchev–Trinajstić information content (AvgIpc) is 3.01. The maximum atomic E-state index is 12.6. The lowest BCUT2D eigenvalue weighted by Crippen LogP contribution is -2.33. The second kappa shape index (κ2) is 9.04. The molecule has 30 heavy (non-hydrogen) atoms. The van der Waals surface area contributed by atoms with E-state index in [4.69, 9.17) is 5.73 Å². The number of primary amides is 1. The molecule has 0 unspecified atom stereocenters. The molecular weight excluding hydrogens is 382 g/mol. The quantitative estimate of drug-likeness (QED) is 0.556. The second-order valence-electron chi connectivity index (χ2n) is 6.85. The van der Waals surface area contributed by atoms with Crippen molar-refractivity contribution in [2.75, 3.05) is 11.9 Å². The number of rotatable bonds is 7. The first-order valence-electron chi connectivity index (χ1n) is 9.42. The summed E-state index contributed by atoms with van der Waals surface area (Å²) in [5, 5.41) is 9.78. The van der Waals surface area contributed by atoms with Crippen LogP contribution in [0.25, 0.3) is 5.69 Å². The lowest BCUT2D eigenvalue weighted by atomic mass is 10.1. The molecule has 8 heteroatoms. The number of para-hydroxylation sites is 1. The van der Waals surface area contributed by atoms with Gasteiger partial charge in [-0.25, -0.2) is 4.68 Å². The molecule has 2 aromatic carbocycles. The Morgan fingerprint density at radius 2 is 1.77 bits per heavy atom. The van der Waals surface area contributed by atoms with Crippen LogP contribution in [0.5, 0.6) is 0 Å². The Kier molecular flexibility index (Phi) is 6.26. The van der Waals surface area contributed by atoms with Crippen LogP contribution in [-0.4, -0.2) is 34.0 Å². The molecule has 0 saturated carbocycles. The van der Waals surface area contributed by atoms with E-state index in [1.807, 2.05) is 48.9 Å². The third-order valence-electron chi connectivity index (χ3n) is 4.61. The van der Waals surface area contributed by atoms with E-state index < -0.39 is 11.8 Å². The number of anilines is 1. The number of carbonyl (C=O) groups excluding carboxylic acids is 3. The summed E-state index contributed by atoms with van der Waals surface area (Å²) < 4.78 is 1.82. The van der Waals surface area contributed by atoms with Gasteiger partial charge in [0.15, 0.2) is 0 Å². The van der Waals surface area contributed by atoms with Gasteiger partial charge in [0.2, 0.25) is 11.8 Å². The number of aryl methyl sites for hydroxylation is 1. The summed E-state index contributed by atoms with van der Waals surface area (Å²) in [5.41, 5.74) is 9.30. The van der Waals surface area contributed by atoms with E-state index in [-0.39, 0.29) is 18.9 Å². The maximum absolute atomic E-state index is 12.6. The first-order valence-corrected chi connectivity index (χ1v) is 9.42. The van der Waals surface area contributed by atoms with Crippen molar-refractivity contribution in [3.05, 3.63) is 77.1 Å². The molecule has 0 atom stereocenters.